The van der Waals surface area contributed by atoms with E-state index in [9.17, 15) is 9.90 Å². The van der Waals surface area contributed by atoms with Crippen LogP contribution >= 0.6 is 0 Å². The molecule has 154 valence electrons. The van der Waals surface area contributed by atoms with Gasteiger partial charge >= 0.3 is 0 Å². The molecule has 0 saturated carbocycles. The van der Waals surface area contributed by atoms with Gasteiger partial charge in [-0.25, -0.2) is 0 Å². The van der Waals surface area contributed by atoms with Crippen LogP contribution in [-0.2, 0) is 20.8 Å². The lowest BCUT2D eigenvalue weighted by molar-refractivity contribution is -0.186. The van der Waals surface area contributed by atoms with Crippen LogP contribution in [0.15, 0.2) is 24.3 Å². The van der Waals surface area contributed by atoms with E-state index in [0.29, 0.717) is 39.1 Å². The Bertz CT molecular complexity index is 677. The molecule has 5 atom stereocenters. The van der Waals surface area contributed by atoms with E-state index in [1.165, 1.54) is 0 Å². The zero-order chi connectivity index (χ0) is 19.7. The van der Waals surface area contributed by atoms with Gasteiger partial charge in [-0.15, -0.1) is 0 Å². The minimum atomic E-state index is -0.616. The van der Waals surface area contributed by atoms with Crippen LogP contribution in [0.3, 0.4) is 0 Å². The first-order valence-electron chi connectivity index (χ1n) is 9.91. The molecule has 28 heavy (non-hydrogen) atoms. The Morgan fingerprint density at radius 3 is 2.68 bits per heavy atom. The molecule has 1 aromatic carbocycles. The number of methoxy groups -OCH3 is 1. The Balaban J connectivity index is 1.40. The Morgan fingerprint density at radius 1 is 1.32 bits per heavy atom. The fourth-order valence-electron chi connectivity index (χ4n) is 4.50. The second kappa shape index (κ2) is 8.34. The Morgan fingerprint density at radius 2 is 2.04 bits per heavy atom. The molecule has 3 fully saturated rings. The van der Waals surface area contributed by atoms with Crippen molar-refractivity contribution >= 4 is 5.91 Å². The number of rotatable bonds is 6. The minimum absolute atomic E-state index is 0.0841. The van der Waals surface area contributed by atoms with Gasteiger partial charge in [0.25, 0.3) is 0 Å². The van der Waals surface area contributed by atoms with Gasteiger partial charge in [-0.2, -0.15) is 0 Å². The number of carbonyl (C=O) groups excluding carboxylic acids is 1. The number of nitrogens with zero attached hydrogens (tertiary/aromatic N) is 1. The maximum Gasteiger partial charge on any atom is 0.220 e. The van der Waals surface area contributed by atoms with Crippen molar-refractivity contribution < 1.29 is 24.1 Å². The highest BCUT2D eigenvalue weighted by atomic mass is 16.7. The standard InChI is InChI=1S/C20H29N3O5/c1-26-14-4-2-12(3-5-14)10-22-16-15-11-27-20(28-15)17(18(16)24)23-8-6-13(7-9-23)19(21)25/h2-5,13,15-18,20,22,24H,6-11H2,1H3,(H2,21,25). The summed E-state index contributed by atoms with van der Waals surface area (Å²) in [6.45, 7) is 2.49. The van der Waals surface area contributed by atoms with Crippen molar-refractivity contribution in [1.82, 2.24) is 10.2 Å². The van der Waals surface area contributed by atoms with Crippen molar-refractivity contribution in [2.24, 2.45) is 11.7 Å². The van der Waals surface area contributed by atoms with Crippen molar-refractivity contribution in [3.8, 4) is 5.75 Å². The number of ether oxygens (including phenoxy) is 3. The van der Waals surface area contributed by atoms with Gasteiger partial charge in [-0.1, -0.05) is 12.1 Å². The number of aliphatic hydroxyl groups is 1. The number of hydrogen-bond donors (Lipinski definition) is 3. The molecule has 4 N–H and O–H groups in total. The SMILES string of the molecule is COc1ccc(CNC2C3COC(O3)C(N3CCC(C(N)=O)CC3)C2O)cc1. The lowest BCUT2D eigenvalue weighted by Gasteiger charge is -2.46. The van der Waals surface area contributed by atoms with Crippen molar-refractivity contribution in [2.45, 2.75) is 50.0 Å². The van der Waals surface area contributed by atoms with Gasteiger partial charge in [0, 0.05) is 12.5 Å². The number of carbonyl (C=O) groups is 1. The summed E-state index contributed by atoms with van der Waals surface area (Å²) in [6, 6.07) is 7.38. The maximum atomic E-state index is 11.4. The molecule has 4 rings (SSSR count). The molecule has 5 unspecified atom stereocenters. The number of likely N-dealkylation sites (tertiary alicyclic amines) is 1. The van der Waals surface area contributed by atoms with Crippen molar-refractivity contribution in [2.75, 3.05) is 26.8 Å². The number of nitrogens with one attached hydrogen (secondary N) is 1. The fourth-order valence-corrected chi connectivity index (χ4v) is 4.50. The first-order valence-corrected chi connectivity index (χ1v) is 9.91. The summed E-state index contributed by atoms with van der Waals surface area (Å²) in [6.07, 6.45) is 0.202. The number of benzene rings is 1. The predicted molar refractivity (Wildman–Crippen MR) is 102 cm³/mol. The minimum Gasteiger partial charge on any atom is -0.497 e. The summed E-state index contributed by atoms with van der Waals surface area (Å²) < 4.78 is 17.1. The van der Waals surface area contributed by atoms with Gasteiger partial charge in [0.05, 0.1) is 31.9 Å². The molecule has 1 aromatic rings. The topological polar surface area (TPSA) is 106 Å². The summed E-state index contributed by atoms with van der Waals surface area (Å²) in [4.78, 5) is 13.6. The molecule has 3 aliphatic heterocycles. The molecule has 1 amide bonds. The molecular formula is C20H29N3O5. The number of piperidine rings is 1. The maximum absolute atomic E-state index is 11.4. The quantitative estimate of drug-likeness (QED) is 0.618. The molecule has 0 aliphatic carbocycles. The van der Waals surface area contributed by atoms with Crippen molar-refractivity contribution in [3.63, 3.8) is 0 Å². The Labute approximate surface area is 164 Å². The third-order valence-electron chi connectivity index (χ3n) is 6.19. The van der Waals surface area contributed by atoms with E-state index in [1.807, 2.05) is 24.3 Å². The van der Waals surface area contributed by atoms with Gasteiger partial charge in [-0.05, 0) is 43.6 Å². The molecule has 2 bridgehead atoms. The average molecular weight is 391 g/mol. The summed E-state index contributed by atoms with van der Waals surface area (Å²) in [5.74, 6) is 0.492. The van der Waals surface area contributed by atoms with Crippen LogP contribution in [-0.4, -0.2) is 73.3 Å². The van der Waals surface area contributed by atoms with E-state index in [-0.39, 0.29) is 30.0 Å². The molecule has 0 radical (unpaired) electrons. The van der Waals surface area contributed by atoms with E-state index in [0.717, 1.165) is 11.3 Å². The van der Waals surface area contributed by atoms with E-state index in [2.05, 4.69) is 10.2 Å². The first-order chi connectivity index (χ1) is 13.6. The Hall–Kier alpha value is -1.71. The second-order valence-corrected chi connectivity index (χ2v) is 7.82. The number of hydrogen-bond acceptors (Lipinski definition) is 7. The third-order valence-corrected chi connectivity index (χ3v) is 6.19. The van der Waals surface area contributed by atoms with Crippen LogP contribution in [0.4, 0.5) is 0 Å². The molecule has 3 saturated heterocycles. The number of amides is 1. The summed E-state index contributed by atoms with van der Waals surface area (Å²) in [5.41, 5.74) is 6.54. The highest BCUT2D eigenvalue weighted by Gasteiger charge is 2.52. The fraction of sp³-hybridized carbons (Fsp3) is 0.650. The monoisotopic (exact) mass is 391 g/mol. The van der Waals surface area contributed by atoms with E-state index in [4.69, 9.17) is 19.9 Å². The average Bonchev–Trinajstić information content (AvgIpc) is 3.13. The first kappa shape index (κ1) is 19.6. The van der Waals surface area contributed by atoms with Gasteiger partial charge in [0.15, 0.2) is 6.29 Å². The summed E-state index contributed by atoms with van der Waals surface area (Å²) >= 11 is 0. The second-order valence-electron chi connectivity index (χ2n) is 7.82. The lowest BCUT2D eigenvalue weighted by Crippen LogP contribution is -2.65. The molecule has 3 aliphatic rings. The third kappa shape index (κ3) is 3.88. The lowest BCUT2D eigenvalue weighted by atomic mass is 9.90. The molecule has 0 spiro atoms. The van der Waals surface area contributed by atoms with E-state index >= 15 is 0 Å². The highest BCUT2D eigenvalue weighted by molar-refractivity contribution is 5.76. The van der Waals surface area contributed by atoms with Crippen molar-refractivity contribution in [3.05, 3.63) is 29.8 Å². The predicted octanol–water partition coefficient (Wildman–Crippen LogP) is -0.165. The molecule has 3 heterocycles. The molecular weight excluding hydrogens is 362 g/mol. The number of aliphatic hydroxyl groups excluding tert-OH is 1. The Kier molecular flexibility index (Phi) is 5.84. The number of nitrogens with two attached hydrogens (primary N) is 1. The number of primary amides is 1. The van der Waals surface area contributed by atoms with Crippen LogP contribution in [0.5, 0.6) is 5.75 Å². The summed E-state index contributed by atoms with van der Waals surface area (Å²) in [5, 5.41) is 14.6. The van der Waals surface area contributed by atoms with Crippen LogP contribution in [0.2, 0.25) is 0 Å². The molecule has 8 nitrogen and oxygen atoms in total. The van der Waals surface area contributed by atoms with Crippen molar-refractivity contribution in [1.29, 1.82) is 0 Å². The van der Waals surface area contributed by atoms with Crippen LogP contribution in [0.25, 0.3) is 0 Å². The zero-order valence-electron chi connectivity index (χ0n) is 16.1. The highest BCUT2D eigenvalue weighted by Crippen LogP contribution is 2.33. The van der Waals surface area contributed by atoms with Crippen LogP contribution in [0, 0.1) is 5.92 Å². The summed E-state index contributed by atoms with van der Waals surface area (Å²) in [7, 11) is 1.64. The molecule has 0 aromatic heterocycles. The van der Waals surface area contributed by atoms with Gasteiger partial charge in [0.2, 0.25) is 5.91 Å². The van der Waals surface area contributed by atoms with E-state index < -0.39 is 12.4 Å². The number of fused-ring (bicyclic) bond motifs is 2. The molecule has 8 heteroatoms. The largest absolute Gasteiger partial charge is 0.497 e. The van der Waals surface area contributed by atoms with E-state index in [1.54, 1.807) is 7.11 Å². The van der Waals surface area contributed by atoms with Gasteiger partial charge < -0.3 is 30.4 Å². The zero-order valence-corrected chi connectivity index (χ0v) is 16.1. The van der Waals surface area contributed by atoms with Crippen LogP contribution < -0.4 is 15.8 Å². The van der Waals surface area contributed by atoms with Gasteiger partial charge in [0.1, 0.15) is 11.9 Å². The van der Waals surface area contributed by atoms with Gasteiger partial charge in [-0.3, -0.25) is 9.69 Å². The smallest absolute Gasteiger partial charge is 0.220 e. The normalized spacial score (nSPS) is 33.7. The van der Waals surface area contributed by atoms with Crippen LogP contribution in [0.1, 0.15) is 18.4 Å².